The summed E-state index contributed by atoms with van der Waals surface area (Å²) >= 11 is 1.58. The van der Waals surface area contributed by atoms with Crippen LogP contribution in [-0.4, -0.2) is 160 Å². The number of halogens is 3. The van der Waals surface area contributed by atoms with E-state index in [1.807, 2.05) is 63.5 Å². The van der Waals surface area contributed by atoms with Crippen molar-refractivity contribution in [2.45, 2.75) is 83.7 Å². The Bertz CT molecular complexity index is 3540. The summed E-state index contributed by atoms with van der Waals surface area (Å²) in [4.78, 5) is 72.5. The van der Waals surface area contributed by atoms with E-state index in [2.05, 4.69) is 50.1 Å². The molecule has 0 bridgehead atoms. The Hall–Kier alpha value is -7.32. The van der Waals surface area contributed by atoms with Crippen LogP contribution in [0.15, 0.2) is 83.4 Å². The van der Waals surface area contributed by atoms with E-state index in [4.69, 9.17) is 4.52 Å². The van der Waals surface area contributed by atoms with Crippen LogP contribution in [0.1, 0.15) is 91.4 Å². The lowest BCUT2D eigenvalue weighted by Gasteiger charge is -2.38. The van der Waals surface area contributed by atoms with Gasteiger partial charge in [-0.3, -0.25) is 19.3 Å². The Labute approximate surface area is 477 Å². The van der Waals surface area contributed by atoms with E-state index in [0.29, 0.717) is 39.0 Å². The van der Waals surface area contributed by atoms with Crippen molar-refractivity contribution in [3.63, 3.8) is 0 Å². The molecule has 20 nitrogen and oxygen atoms in total. The van der Waals surface area contributed by atoms with E-state index >= 15 is 8.78 Å². The highest BCUT2D eigenvalue weighted by molar-refractivity contribution is 7.73. The molecule has 4 aliphatic rings. The fraction of sp³-hybridized carbons (Fsp3) is 0.439. The molecule has 2 amide bonds. The Morgan fingerprint density at radius 2 is 1.61 bits per heavy atom. The van der Waals surface area contributed by atoms with Gasteiger partial charge >= 0.3 is 0 Å². The SMILES string of the molecule is Cc1ncsc1-c1ccc([C@H](C)NC(=O)[C@@H]2C[C@@H](O)CN2C(=O)[C@@H](c2cc(N3CCN(CC4CCN(c5ncc(-c6cnc7[nH]cc(C(=O)c8c(F)ccc(N(N9CC[C@@H](F)C9)[SH](=O)=O)c8F)c7c6)cn5)CC4)CC3)no2)C(C)C)cc1. The number of amides is 2. The number of hydrazine groups is 1. The van der Waals surface area contributed by atoms with Gasteiger partial charge in [0.2, 0.25) is 34.4 Å². The van der Waals surface area contributed by atoms with Gasteiger partial charge < -0.3 is 34.6 Å². The standard InChI is InChI=1S/C57H64F3N13O7S2/c1-32(2)49(56(77)72-30-41(74)22-46(72)55(76)66-33(3)36-5-7-37(8-6-36)53-34(4)65-31-81-53)47-23-48(67-80-47)69-19-17-68(18-20-69)28-35-11-14-70(15-12-35)57-63-25-39(26-64-57)38-21-42-43(27-62-54(42)61-24-38)52(75)50-44(59)9-10-45(51(50)60)73(82(78)79)71-16-13-40(58)29-71/h5-10,21,23-27,31-33,35,40-41,46,49,74,82H,11-20,22,28-30H2,1-4H3,(H,61,62)(H,66,76)/t33-,40+,41+,46-,49+/m0/s1. The van der Waals surface area contributed by atoms with Crippen molar-refractivity contribution in [2.75, 3.05) is 79.7 Å². The first-order chi connectivity index (χ1) is 39.5. The third kappa shape index (κ3) is 11.6. The number of alkyl halides is 1. The predicted molar refractivity (Wildman–Crippen MR) is 303 cm³/mol. The van der Waals surface area contributed by atoms with Crippen LogP contribution < -0.4 is 19.5 Å². The molecule has 11 rings (SSSR count). The number of fused-ring (bicyclic) bond motifs is 1. The molecule has 0 unspecified atom stereocenters. The number of pyridine rings is 1. The van der Waals surface area contributed by atoms with Crippen molar-refractivity contribution in [3.05, 3.63) is 119 Å². The average molecular weight is 1160 g/mol. The molecule has 4 fully saturated rings. The number of H-pyrrole nitrogens is 1. The first kappa shape index (κ1) is 56.5. The summed E-state index contributed by atoms with van der Waals surface area (Å²) in [5.74, 6) is -3.00. The smallest absolute Gasteiger partial charge is 0.243 e. The largest absolute Gasteiger partial charge is 0.391 e. The number of aromatic amines is 1. The second-order valence-corrected chi connectivity index (χ2v) is 23.8. The van der Waals surface area contributed by atoms with Crippen LogP contribution in [0.4, 0.5) is 30.6 Å². The van der Waals surface area contributed by atoms with Gasteiger partial charge in [-0.2, -0.15) is 4.41 Å². The molecule has 7 aromatic rings. The molecule has 0 radical (unpaired) electrons. The van der Waals surface area contributed by atoms with Crippen LogP contribution in [-0.2, 0) is 20.5 Å². The Morgan fingerprint density at radius 1 is 0.878 bits per heavy atom. The van der Waals surface area contributed by atoms with Crippen molar-refractivity contribution >= 4 is 68.3 Å². The summed E-state index contributed by atoms with van der Waals surface area (Å²) in [6, 6.07) is 12.0. The van der Waals surface area contributed by atoms with Gasteiger partial charge in [0.05, 0.1) is 40.3 Å². The van der Waals surface area contributed by atoms with Crippen LogP contribution in [0, 0.1) is 30.4 Å². The molecular formula is C57H64F3N13O7S2. The number of carbonyl (C=O) groups is 3. The van der Waals surface area contributed by atoms with Crippen molar-refractivity contribution < 1.29 is 45.6 Å². The Morgan fingerprint density at radius 3 is 2.28 bits per heavy atom. The normalized spacial score (nSPS) is 20.1. The third-order valence-electron chi connectivity index (χ3n) is 16.3. The number of aromatic nitrogens is 6. The molecule has 0 spiro atoms. The molecule has 82 heavy (non-hydrogen) atoms. The number of piperazine rings is 1. The number of carbonyl (C=O) groups excluding carboxylic acids is 3. The maximum absolute atomic E-state index is 16.1. The van der Waals surface area contributed by atoms with Gasteiger partial charge in [-0.1, -0.05) is 43.3 Å². The predicted octanol–water partition coefficient (Wildman–Crippen LogP) is 6.86. The molecule has 5 atom stereocenters. The first-order valence-electron chi connectivity index (χ1n) is 27.6. The molecular weight excluding hydrogens is 1100 g/mol. The monoisotopic (exact) mass is 1160 g/mol. The van der Waals surface area contributed by atoms with Gasteiger partial charge in [0.25, 0.3) is 0 Å². The van der Waals surface area contributed by atoms with Crippen molar-refractivity contribution in [2.24, 2.45) is 11.8 Å². The Kier molecular flexibility index (Phi) is 16.5. The summed E-state index contributed by atoms with van der Waals surface area (Å²) in [5.41, 5.74) is 4.54. The maximum atomic E-state index is 16.1. The topological polar surface area (TPSA) is 230 Å². The quantitative estimate of drug-likeness (QED) is 0.0539. The molecule has 0 saturated carbocycles. The van der Waals surface area contributed by atoms with Crippen LogP contribution in [0.25, 0.3) is 32.6 Å². The zero-order chi connectivity index (χ0) is 57.5. The number of hydrogen-bond acceptors (Lipinski definition) is 17. The number of anilines is 3. The van der Waals surface area contributed by atoms with Gasteiger partial charge in [-0.25, -0.2) is 46.5 Å². The number of hydrogen-bond donors (Lipinski definition) is 4. The Balaban J connectivity index is 0.663. The fourth-order valence-corrected chi connectivity index (χ4v) is 13.3. The lowest BCUT2D eigenvalue weighted by molar-refractivity contribution is -0.141. The van der Waals surface area contributed by atoms with E-state index in [1.54, 1.807) is 36.0 Å². The lowest BCUT2D eigenvalue weighted by atomic mass is 9.91. The zero-order valence-electron chi connectivity index (χ0n) is 45.8. The fourth-order valence-electron chi connectivity index (χ4n) is 11.8. The van der Waals surface area contributed by atoms with Crippen molar-refractivity contribution in [3.8, 4) is 21.6 Å². The molecule has 432 valence electrons. The summed E-state index contributed by atoms with van der Waals surface area (Å²) in [6.07, 6.45) is 6.07. The number of nitrogens with zero attached hydrogens (tertiary/aromatic N) is 11. The third-order valence-corrected chi connectivity index (χ3v) is 18.1. The zero-order valence-corrected chi connectivity index (χ0v) is 47.5. The number of thiazole rings is 1. The molecule has 0 aliphatic carbocycles. The van der Waals surface area contributed by atoms with E-state index in [9.17, 15) is 32.3 Å². The highest BCUT2D eigenvalue weighted by Gasteiger charge is 2.44. The second-order valence-electron chi connectivity index (χ2n) is 22.0. The number of β-amino-alcohol motifs (C(OH)–C–C–N with tert-alkyl or cyclic N) is 1. The van der Waals surface area contributed by atoms with Gasteiger partial charge in [-0.15, -0.1) is 11.3 Å². The van der Waals surface area contributed by atoms with Crippen LogP contribution >= 0.6 is 11.3 Å². The number of aryl methyl sites for hydroxylation is 1. The maximum Gasteiger partial charge on any atom is 0.243 e. The minimum Gasteiger partial charge on any atom is -0.391 e. The summed E-state index contributed by atoms with van der Waals surface area (Å²) in [7, 11) is -3.50. The van der Waals surface area contributed by atoms with Crippen LogP contribution in [0.5, 0.6) is 0 Å². The highest BCUT2D eigenvalue weighted by atomic mass is 32.2. The second kappa shape index (κ2) is 23.9. The minimum atomic E-state index is -3.50. The number of aliphatic hydroxyl groups is 1. The van der Waals surface area contributed by atoms with Gasteiger partial charge in [-0.05, 0) is 74.3 Å². The molecule has 4 aliphatic heterocycles. The summed E-state index contributed by atoms with van der Waals surface area (Å²) in [5, 5.41) is 19.7. The number of piperidine rings is 1. The van der Waals surface area contributed by atoms with E-state index in [-0.39, 0.29) is 72.8 Å². The van der Waals surface area contributed by atoms with Crippen LogP contribution in [0.3, 0.4) is 0 Å². The minimum absolute atomic E-state index is 0.0111. The average Bonchev–Trinajstić information content (AvgIpc) is 4.46. The summed E-state index contributed by atoms with van der Waals surface area (Å²) < 4.78 is 76.4. The van der Waals surface area contributed by atoms with Crippen LogP contribution in [0.2, 0.25) is 0 Å². The summed E-state index contributed by atoms with van der Waals surface area (Å²) in [6.45, 7) is 13.0. The number of rotatable bonds is 17. The van der Waals surface area contributed by atoms with Crippen molar-refractivity contribution in [1.82, 2.24) is 50.2 Å². The number of thiol groups is 1. The molecule has 4 saturated heterocycles. The molecule has 2 aromatic carbocycles. The molecule has 9 heterocycles. The number of benzene rings is 2. The van der Waals surface area contributed by atoms with Gasteiger partial charge in [0, 0.05) is 118 Å². The van der Waals surface area contributed by atoms with E-state index in [0.717, 1.165) is 97.5 Å². The highest BCUT2D eigenvalue weighted by Crippen LogP contribution is 2.36. The first-order valence-corrected chi connectivity index (χ1v) is 29.6. The van der Waals surface area contributed by atoms with Gasteiger partial charge in [0.1, 0.15) is 35.3 Å². The number of aliphatic hydroxyl groups excluding tert-OH is 1. The molecule has 5 aromatic heterocycles. The molecule has 3 N–H and O–H groups in total. The van der Waals surface area contributed by atoms with E-state index < -0.39 is 63.8 Å². The van der Waals surface area contributed by atoms with Crippen molar-refractivity contribution in [1.29, 1.82) is 0 Å². The number of nitrogens with one attached hydrogen (secondary N) is 2. The molecule has 25 heteroatoms. The number of ketones is 1. The number of likely N-dealkylation sites (tertiary alicyclic amines) is 1. The van der Waals surface area contributed by atoms with Gasteiger partial charge in [0.15, 0.2) is 17.4 Å². The van der Waals surface area contributed by atoms with E-state index in [1.165, 1.54) is 11.1 Å². The lowest BCUT2D eigenvalue weighted by Crippen LogP contribution is -2.49.